The van der Waals surface area contributed by atoms with Crippen LogP contribution in [0.5, 0.6) is 0 Å². The maximum absolute atomic E-state index is 11.1. The van der Waals surface area contributed by atoms with E-state index in [9.17, 15) is 9.90 Å². The molecule has 1 heterocycles. The van der Waals surface area contributed by atoms with Crippen LogP contribution in [-0.2, 0) is 9.53 Å². The molecule has 0 spiro atoms. The molecule has 4 nitrogen and oxygen atoms in total. The number of hydrogen-bond donors (Lipinski definition) is 2. The number of aliphatic hydroxyl groups excluding tert-OH is 2. The Morgan fingerprint density at radius 1 is 1.50 bits per heavy atom. The van der Waals surface area contributed by atoms with Crippen LogP contribution >= 0.6 is 0 Å². The monoisotopic (exact) mass is 202 g/mol. The van der Waals surface area contributed by atoms with Crippen LogP contribution in [0.2, 0.25) is 0 Å². The Bertz CT molecular complexity index is 181. The van der Waals surface area contributed by atoms with Crippen molar-refractivity contribution >= 4 is 5.97 Å². The molecule has 0 aliphatic carbocycles. The van der Waals surface area contributed by atoms with Crippen LogP contribution in [0.3, 0.4) is 0 Å². The predicted octanol–water partition coefficient (Wildman–Crippen LogP) is 0.606. The first-order chi connectivity index (χ1) is 6.74. The highest BCUT2D eigenvalue weighted by Gasteiger charge is 2.24. The van der Waals surface area contributed by atoms with E-state index in [0.717, 1.165) is 19.3 Å². The highest BCUT2D eigenvalue weighted by molar-refractivity contribution is 5.69. The van der Waals surface area contributed by atoms with Gasteiger partial charge in [-0.15, -0.1) is 0 Å². The van der Waals surface area contributed by atoms with Crippen molar-refractivity contribution in [3.63, 3.8) is 0 Å². The van der Waals surface area contributed by atoms with Gasteiger partial charge in [0.1, 0.15) is 6.10 Å². The number of aliphatic hydroxyl groups is 2. The van der Waals surface area contributed by atoms with Gasteiger partial charge in [0.25, 0.3) is 0 Å². The van der Waals surface area contributed by atoms with Gasteiger partial charge in [-0.05, 0) is 32.1 Å². The lowest BCUT2D eigenvalue weighted by atomic mass is 10.0. The van der Waals surface area contributed by atoms with Crippen LogP contribution in [-0.4, -0.2) is 35.0 Å². The molecule has 0 radical (unpaired) electrons. The second kappa shape index (κ2) is 5.98. The molecule has 82 valence electrons. The summed E-state index contributed by atoms with van der Waals surface area (Å²) in [6, 6.07) is 0. The first-order valence-corrected chi connectivity index (χ1v) is 5.22. The first kappa shape index (κ1) is 11.5. The zero-order chi connectivity index (χ0) is 10.4. The van der Waals surface area contributed by atoms with Gasteiger partial charge in [0.05, 0.1) is 6.10 Å². The lowest BCUT2D eigenvalue weighted by molar-refractivity contribution is -0.154. The zero-order valence-electron chi connectivity index (χ0n) is 8.32. The second-order valence-electron chi connectivity index (χ2n) is 3.71. The van der Waals surface area contributed by atoms with E-state index in [2.05, 4.69) is 0 Å². The molecule has 1 saturated heterocycles. The van der Waals surface area contributed by atoms with Crippen LogP contribution in [0.4, 0.5) is 0 Å². The summed E-state index contributed by atoms with van der Waals surface area (Å²) < 4.78 is 5.10. The van der Waals surface area contributed by atoms with Crippen molar-refractivity contribution in [1.29, 1.82) is 0 Å². The smallest absolute Gasteiger partial charge is 0.306 e. The number of ether oxygens (including phenoxy) is 1. The number of esters is 1. The molecule has 1 aliphatic rings. The van der Waals surface area contributed by atoms with Crippen LogP contribution in [0.15, 0.2) is 0 Å². The number of cyclic esters (lactones) is 1. The minimum Gasteiger partial charge on any atom is -0.460 e. The Labute approximate surface area is 83.9 Å². The summed E-state index contributed by atoms with van der Waals surface area (Å²) in [5.41, 5.74) is 0. The number of carbonyl (C=O) groups excluding carboxylic acids is 1. The third kappa shape index (κ3) is 3.64. The quantitative estimate of drug-likeness (QED) is 0.655. The SMILES string of the molecule is O=C1CCCCC(C(O)CCCO)O1. The summed E-state index contributed by atoms with van der Waals surface area (Å²) in [5.74, 6) is -0.212. The molecule has 0 amide bonds. The number of rotatable bonds is 4. The minimum absolute atomic E-state index is 0.0672. The Morgan fingerprint density at radius 2 is 2.29 bits per heavy atom. The summed E-state index contributed by atoms with van der Waals surface area (Å²) in [5, 5.41) is 18.3. The molecule has 0 aromatic heterocycles. The van der Waals surface area contributed by atoms with Gasteiger partial charge in [-0.25, -0.2) is 0 Å². The molecule has 0 aromatic rings. The zero-order valence-corrected chi connectivity index (χ0v) is 8.32. The molecular formula is C10H18O4. The van der Waals surface area contributed by atoms with Gasteiger partial charge in [0.2, 0.25) is 0 Å². The maximum Gasteiger partial charge on any atom is 0.306 e. The Hall–Kier alpha value is -0.610. The van der Waals surface area contributed by atoms with Gasteiger partial charge < -0.3 is 14.9 Å². The van der Waals surface area contributed by atoms with Crippen LogP contribution in [0.25, 0.3) is 0 Å². The van der Waals surface area contributed by atoms with Gasteiger partial charge in [-0.2, -0.15) is 0 Å². The highest BCUT2D eigenvalue weighted by atomic mass is 16.6. The predicted molar refractivity (Wildman–Crippen MR) is 50.7 cm³/mol. The maximum atomic E-state index is 11.1. The molecule has 1 fully saturated rings. The highest BCUT2D eigenvalue weighted by Crippen LogP contribution is 2.19. The fraction of sp³-hybridized carbons (Fsp3) is 0.900. The van der Waals surface area contributed by atoms with E-state index in [1.165, 1.54) is 0 Å². The lowest BCUT2D eigenvalue weighted by Gasteiger charge is -2.20. The molecule has 4 heteroatoms. The third-order valence-corrected chi connectivity index (χ3v) is 2.49. The van der Waals surface area contributed by atoms with E-state index in [-0.39, 0.29) is 18.7 Å². The molecule has 0 saturated carbocycles. The molecule has 1 aliphatic heterocycles. The Kier molecular flexibility index (Phi) is 4.90. The van der Waals surface area contributed by atoms with Crippen molar-refractivity contribution < 1.29 is 19.7 Å². The van der Waals surface area contributed by atoms with Crippen LogP contribution in [0.1, 0.15) is 38.5 Å². The van der Waals surface area contributed by atoms with E-state index < -0.39 is 6.10 Å². The number of carbonyl (C=O) groups is 1. The molecule has 2 unspecified atom stereocenters. The fourth-order valence-corrected chi connectivity index (χ4v) is 1.66. The summed E-state index contributed by atoms with van der Waals surface area (Å²) >= 11 is 0. The molecule has 0 bridgehead atoms. The van der Waals surface area contributed by atoms with E-state index in [0.29, 0.717) is 19.3 Å². The summed E-state index contributed by atoms with van der Waals surface area (Å²) in [7, 11) is 0. The summed E-state index contributed by atoms with van der Waals surface area (Å²) in [6.45, 7) is 0.0672. The molecule has 1 rings (SSSR count). The van der Waals surface area contributed by atoms with E-state index in [1.54, 1.807) is 0 Å². The van der Waals surface area contributed by atoms with Crippen LogP contribution in [0, 0.1) is 0 Å². The topological polar surface area (TPSA) is 66.8 Å². The average molecular weight is 202 g/mol. The van der Waals surface area contributed by atoms with Crippen molar-refractivity contribution in [2.24, 2.45) is 0 Å². The first-order valence-electron chi connectivity index (χ1n) is 5.22. The number of hydrogen-bond acceptors (Lipinski definition) is 4. The molecule has 0 aromatic carbocycles. The van der Waals surface area contributed by atoms with E-state index in [1.807, 2.05) is 0 Å². The van der Waals surface area contributed by atoms with E-state index in [4.69, 9.17) is 9.84 Å². The van der Waals surface area contributed by atoms with Crippen molar-refractivity contribution in [3.05, 3.63) is 0 Å². The summed E-state index contributed by atoms with van der Waals surface area (Å²) in [6.07, 6.45) is 3.03. The molecular weight excluding hydrogens is 184 g/mol. The fourth-order valence-electron chi connectivity index (χ4n) is 1.66. The Balaban J connectivity index is 2.36. The van der Waals surface area contributed by atoms with Gasteiger partial charge >= 0.3 is 5.97 Å². The minimum atomic E-state index is -0.621. The van der Waals surface area contributed by atoms with Crippen molar-refractivity contribution in [1.82, 2.24) is 0 Å². The molecule has 2 N–H and O–H groups in total. The third-order valence-electron chi connectivity index (χ3n) is 2.49. The average Bonchev–Trinajstić information content (AvgIpc) is 2.39. The molecule has 14 heavy (non-hydrogen) atoms. The largest absolute Gasteiger partial charge is 0.460 e. The van der Waals surface area contributed by atoms with Gasteiger partial charge in [0, 0.05) is 13.0 Å². The van der Waals surface area contributed by atoms with Gasteiger partial charge in [-0.3, -0.25) is 4.79 Å². The van der Waals surface area contributed by atoms with Crippen molar-refractivity contribution in [3.8, 4) is 0 Å². The van der Waals surface area contributed by atoms with Crippen molar-refractivity contribution in [2.75, 3.05) is 6.61 Å². The standard InChI is InChI=1S/C10H18O4/c11-7-3-4-8(12)9-5-1-2-6-10(13)14-9/h8-9,11-12H,1-7H2. The van der Waals surface area contributed by atoms with Gasteiger partial charge in [0.15, 0.2) is 0 Å². The normalized spacial score (nSPS) is 25.3. The summed E-state index contributed by atoms with van der Waals surface area (Å²) in [4.78, 5) is 11.1. The lowest BCUT2D eigenvalue weighted by Crippen LogP contribution is -2.30. The van der Waals surface area contributed by atoms with Crippen molar-refractivity contribution in [2.45, 2.75) is 50.7 Å². The van der Waals surface area contributed by atoms with Crippen LogP contribution < -0.4 is 0 Å². The molecule has 2 atom stereocenters. The Morgan fingerprint density at radius 3 is 3.00 bits per heavy atom. The van der Waals surface area contributed by atoms with Gasteiger partial charge in [-0.1, -0.05) is 0 Å². The van der Waals surface area contributed by atoms with E-state index >= 15 is 0 Å². The second-order valence-corrected chi connectivity index (χ2v) is 3.71.